The van der Waals surface area contributed by atoms with E-state index in [-0.39, 0.29) is 6.10 Å². The number of halogens is 1. The first kappa shape index (κ1) is 11.3. The number of hydrogen-bond donors (Lipinski definition) is 2. The number of alkyl halides is 1. The standard InChI is InChI=1S/C10H15ClN2O/c11-5-1-4-9(14)7-8-3-2-6-13-10(8)12/h2-3,6,9,14H,1,4-5,7H2,(H2,12,13). The second-order valence-electron chi connectivity index (χ2n) is 3.24. The van der Waals surface area contributed by atoms with Gasteiger partial charge >= 0.3 is 0 Å². The van der Waals surface area contributed by atoms with Gasteiger partial charge in [0.1, 0.15) is 5.82 Å². The van der Waals surface area contributed by atoms with Crippen LogP contribution in [0.15, 0.2) is 18.3 Å². The molecule has 1 rings (SSSR count). The van der Waals surface area contributed by atoms with Gasteiger partial charge in [-0.15, -0.1) is 11.6 Å². The van der Waals surface area contributed by atoms with Gasteiger partial charge in [-0.25, -0.2) is 4.98 Å². The number of anilines is 1. The fraction of sp³-hybridized carbons (Fsp3) is 0.500. The van der Waals surface area contributed by atoms with Crippen LogP contribution in [0.25, 0.3) is 0 Å². The van der Waals surface area contributed by atoms with Crippen molar-refractivity contribution in [3.63, 3.8) is 0 Å². The second kappa shape index (κ2) is 5.83. The molecule has 1 aromatic rings. The molecule has 0 aromatic carbocycles. The number of pyridine rings is 1. The summed E-state index contributed by atoms with van der Waals surface area (Å²) >= 11 is 5.53. The molecule has 0 spiro atoms. The van der Waals surface area contributed by atoms with Crippen LogP contribution in [0.3, 0.4) is 0 Å². The van der Waals surface area contributed by atoms with Crippen molar-refractivity contribution in [2.45, 2.75) is 25.4 Å². The molecule has 1 unspecified atom stereocenters. The maximum atomic E-state index is 9.62. The summed E-state index contributed by atoms with van der Waals surface area (Å²) in [4.78, 5) is 3.95. The third kappa shape index (κ3) is 3.52. The minimum atomic E-state index is -0.375. The van der Waals surface area contributed by atoms with Crippen molar-refractivity contribution in [1.82, 2.24) is 4.98 Å². The summed E-state index contributed by atoms with van der Waals surface area (Å²) in [6, 6.07) is 3.70. The third-order valence-corrected chi connectivity index (χ3v) is 2.32. The Balaban J connectivity index is 2.47. The molecule has 0 amide bonds. The molecule has 0 bridgehead atoms. The highest BCUT2D eigenvalue weighted by atomic mass is 35.5. The fourth-order valence-electron chi connectivity index (χ4n) is 1.29. The van der Waals surface area contributed by atoms with Crippen LogP contribution in [-0.4, -0.2) is 22.1 Å². The van der Waals surface area contributed by atoms with Gasteiger partial charge in [0.15, 0.2) is 0 Å². The number of nitrogen functional groups attached to an aromatic ring is 1. The SMILES string of the molecule is Nc1ncccc1CC(O)CCCCl. The predicted molar refractivity (Wildman–Crippen MR) is 58.3 cm³/mol. The van der Waals surface area contributed by atoms with Gasteiger partial charge < -0.3 is 10.8 Å². The normalized spacial score (nSPS) is 12.7. The average molecular weight is 215 g/mol. The van der Waals surface area contributed by atoms with Crippen LogP contribution in [0.4, 0.5) is 5.82 Å². The maximum absolute atomic E-state index is 9.62. The van der Waals surface area contributed by atoms with Crippen molar-refractivity contribution >= 4 is 17.4 Å². The number of aliphatic hydroxyl groups excluding tert-OH is 1. The van der Waals surface area contributed by atoms with Crippen LogP contribution in [0.5, 0.6) is 0 Å². The van der Waals surface area contributed by atoms with Crippen molar-refractivity contribution in [3.8, 4) is 0 Å². The van der Waals surface area contributed by atoms with E-state index >= 15 is 0 Å². The van der Waals surface area contributed by atoms with Gasteiger partial charge in [0.2, 0.25) is 0 Å². The van der Waals surface area contributed by atoms with Crippen molar-refractivity contribution in [3.05, 3.63) is 23.9 Å². The molecular weight excluding hydrogens is 200 g/mol. The molecule has 1 heterocycles. The zero-order valence-corrected chi connectivity index (χ0v) is 8.74. The fourth-order valence-corrected chi connectivity index (χ4v) is 1.45. The molecule has 0 saturated heterocycles. The molecule has 0 radical (unpaired) electrons. The summed E-state index contributed by atoms with van der Waals surface area (Å²) in [6.45, 7) is 0. The van der Waals surface area contributed by atoms with E-state index in [4.69, 9.17) is 17.3 Å². The topological polar surface area (TPSA) is 59.1 Å². The van der Waals surface area contributed by atoms with Crippen LogP contribution in [0.2, 0.25) is 0 Å². The Hall–Kier alpha value is -0.800. The molecule has 0 aliphatic carbocycles. The lowest BCUT2D eigenvalue weighted by Gasteiger charge is -2.10. The van der Waals surface area contributed by atoms with E-state index in [2.05, 4.69) is 4.98 Å². The van der Waals surface area contributed by atoms with Crippen LogP contribution >= 0.6 is 11.6 Å². The zero-order valence-electron chi connectivity index (χ0n) is 7.99. The number of rotatable bonds is 5. The summed E-state index contributed by atoms with van der Waals surface area (Å²) in [5, 5.41) is 9.62. The number of nitrogens with two attached hydrogens (primary N) is 1. The molecule has 78 valence electrons. The van der Waals surface area contributed by atoms with E-state index in [0.29, 0.717) is 24.5 Å². The number of hydrogen-bond acceptors (Lipinski definition) is 3. The first-order chi connectivity index (χ1) is 6.74. The smallest absolute Gasteiger partial charge is 0.126 e. The highest BCUT2D eigenvalue weighted by Crippen LogP contribution is 2.12. The molecule has 3 N–H and O–H groups in total. The van der Waals surface area contributed by atoms with Crippen LogP contribution in [0, 0.1) is 0 Å². The Labute approximate surface area is 88.9 Å². The summed E-state index contributed by atoms with van der Waals surface area (Å²) in [7, 11) is 0. The van der Waals surface area contributed by atoms with Crippen molar-refractivity contribution in [2.75, 3.05) is 11.6 Å². The van der Waals surface area contributed by atoms with E-state index < -0.39 is 0 Å². The lowest BCUT2D eigenvalue weighted by Crippen LogP contribution is -2.12. The van der Waals surface area contributed by atoms with Gasteiger partial charge in [-0.1, -0.05) is 6.07 Å². The van der Waals surface area contributed by atoms with E-state index in [0.717, 1.165) is 12.0 Å². The Morgan fingerprint density at radius 2 is 2.36 bits per heavy atom. The van der Waals surface area contributed by atoms with E-state index in [1.165, 1.54) is 0 Å². The van der Waals surface area contributed by atoms with Crippen molar-refractivity contribution in [1.29, 1.82) is 0 Å². The van der Waals surface area contributed by atoms with Gasteiger partial charge in [-0.3, -0.25) is 0 Å². The molecule has 4 heteroatoms. The third-order valence-electron chi connectivity index (χ3n) is 2.05. The van der Waals surface area contributed by atoms with Crippen LogP contribution in [0.1, 0.15) is 18.4 Å². The zero-order chi connectivity index (χ0) is 10.4. The number of aliphatic hydroxyl groups is 1. The van der Waals surface area contributed by atoms with Gasteiger partial charge in [0.05, 0.1) is 6.10 Å². The summed E-state index contributed by atoms with van der Waals surface area (Å²) in [5.74, 6) is 1.08. The molecule has 0 saturated carbocycles. The summed E-state index contributed by atoms with van der Waals surface area (Å²) < 4.78 is 0. The molecule has 1 atom stereocenters. The predicted octanol–water partition coefficient (Wildman–Crippen LogP) is 1.59. The Bertz CT molecular complexity index is 281. The minimum Gasteiger partial charge on any atom is -0.393 e. The lowest BCUT2D eigenvalue weighted by atomic mass is 10.1. The summed E-state index contributed by atoms with van der Waals surface area (Å²) in [6.07, 6.45) is 3.35. The summed E-state index contributed by atoms with van der Waals surface area (Å²) in [5.41, 5.74) is 6.55. The first-order valence-electron chi connectivity index (χ1n) is 4.67. The molecule has 14 heavy (non-hydrogen) atoms. The quantitative estimate of drug-likeness (QED) is 0.732. The van der Waals surface area contributed by atoms with E-state index in [1.54, 1.807) is 6.20 Å². The van der Waals surface area contributed by atoms with Crippen molar-refractivity contribution < 1.29 is 5.11 Å². The van der Waals surface area contributed by atoms with Crippen LogP contribution < -0.4 is 5.73 Å². The minimum absolute atomic E-state index is 0.375. The Morgan fingerprint density at radius 3 is 3.00 bits per heavy atom. The lowest BCUT2D eigenvalue weighted by molar-refractivity contribution is 0.164. The van der Waals surface area contributed by atoms with E-state index in [1.807, 2.05) is 12.1 Å². The molecule has 0 aliphatic heterocycles. The van der Waals surface area contributed by atoms with Crippen molar-refractivity contribution in [2.24, 2.45) is 0 Å². The Morgan fingerprint density at radius 1 is 1.57 bits per heavy atom. The van der Waals surface area contributed by atoms with Gasteiger partial charge in [-0.2, -0.15) is 0 Å². The van der Waals surface area contributed by atoms with E-state index in [9.17, 15) is 5.11 Å². The number of aromatic nitrogens is 1. The second-order valence-corrected chi connectivity index (χ2v) is 3.61. The van der Waals surface area contributed by atoms with Gasteiger partial charge in [0.25, 0.3) is 0 Å². The first-order valence-corrected chi connectivity index (χ1v) is 5.21. The number of nitrogens with zero attached hydrogens (tertiary/aromatic N) is 1. The van der Waals surface area contributed by atoms with Gasteiger partial charge in [-0.05, 0) is 24.5 Å². The largest absolute Gasteiger partial charge is 0.393 e. The average Bonchev–Trinajstić information content (AvgIpc) is 2.18. The molecule has 3 nitrogen and oxygen atoms in total. The van der Waals surface area contributed by atoms with Gasteiger partial charge in [0, 0.05) is 18.5 Å². The highest BCUT2D eigenvalue weighted by Gasteiger charge is 2.07. The molecule has 0 fully saturated rings. The molecular formula is C10H15ClN2O. The Kier molecular flexibility index (Phi) is 4.70. The maximum Gasteiger partial charge on any atom is 0.126 e. The highest BCUT2D eigenvalue weighted by molar-refractivity contribution is 6.17. The monoisotopic (exact) mass is 214 g/mol. The molecule has 1 aromatic heterocycles. The van der Waals surface area contributed by atoms with Crippen LogP contribution in [-0.2, 0) is 6.42 Å². The molecule has 0 aliphatic rings.